The second-order valence-electron chi connectivity index (χ2n) is 3.70. The van der Waals surface area contributed by atoms with Crippen molar-refractivity contribution in [2.24, 2.45) is 5.73 Å². The van der Waals surface area contributed by atoms with E-state index in [2.05, 4.69) is 17.9 Å². The van der Waals surface area contributed by atoms with Crippen molar-refractivity contribution in [2.75, 3.05) is 13.1 Å². The minimum atomic E-state index is -1.06. The topological polar surface area (TPSA) is 75.3 Å². The van der Waals surface area contributed by atoms with E-state index in [-0.39, 0.29) is 0 Å². The Labute approximate surface area is 84.3 Å². The lowest BCUT2D eigenvalue weighted by Gasteiger charge is -2.37. The second-order valence-corrected chi connectivity index (χ2v) is 4.82. The summed E-state index contributed by atoms with van der Waals surface area (Å²) in [6.45, 7) is 6.00. The molecule has 0 aliphatic rings. The van der Waals surface area contributed by atoms with Crippen LogP contribution in [0.25, 0.3) is 0 Å². The lowest BCUT2D eigenvalue weighted by Crippen LogP contribution is -2.61. The molecule has 0 aliphatic heterocycles. The van der Waals surface area contributed by atoms with Crippen LogP contribution in [0.2, 0.25) is 0 Å². The highest BCUT2D eigenvalue weighted by atomic mass is 32.1. The molecule has 0 aromatic carbocycles. The molecule has 0 bridgehead atoms. The molecule has 78 valence electrons. The molecule has 13 heavy (non-hydrogen) atoms. The Morgan fingerprint density at radius 1 is 1.54 bits per heavy atom. The Balaban J connectivity index is 4.64. The summed E-state index contributed by atoms with van der Waals surface area (Å²) < 4.78 is -0.645. The molecule has 0 amide bonds. The first-order chi connectivity index (χ1) is 5.75. The second kappa shape index (κ2) is 4.30. The summed E-state index contributed by atoms with van der Waals surface area (Å²) >= 11 is 4.26. The molecule has 0 aromatic rings. The van der Waals surface area contributed by atoms with Gasteiger partial charge < -0.3 is 10.8 Å². The van der Waals surface area contributed by atoms with Crippen LogP contribution in [-0.2, 0) is 4.79 Å². The van der Waals surface area contributed by atoms with Crippen molar-refractivity contribution in [3.05, 3.63) is 0 Å². The number of hydrogen-bond donors (Lipinski definition) is 4. The number of carboxylic acids is 1. The average Bonchev–Trinajstić information content (AvgIpc) is 1.97. The van der Waals surface area contributed by atoms with E-state index in [0.717, 1.165) is 0 Å². The summed E-state index contributed by atoms with van der Waals surface area (Å²) in [4.78, 5) is 11.0. The minimum Gasteiger partial charge on any atom is -0.480 e. The van der Waals surface area contributed by atoms with Gasteiger partial charge in [-0.15, -0.1) is 0 Å². The highest BCUT2D eigenvalue weighted by Gasteiger charge is 2.44. The maximum Gasteiger partial charge on any atom is 0.325 e. The smallest absolute Gasteiger partial charge is 0.325 e. The molecule has 0 aliphatic carbocycles. The van der Waals surface area contributed by atoms with Crippen LogP contribution in [0.4, 0.5) is 0 Å². The van der Waals surface area contributed by atoms with Crippen LogP contribution in [0.3, 0.4) is 0 Å². The number of aliphatic carboxylic acids is 1. The minimum absolute atomic E-state index is 0.409. The highest BCUT2D eigenvalue weighted by molar-refractivity contribution is 7.81. The van der Waals surface area contributed by atoms with E-state index in [9.17, 15) is 4.79 Å². The SMILES string of the molecule is CC(C)(S)[C@](C)(NCCN)C(=O)O. The van der Waals surface area contributed by atoms with Crippen molar-refractivity contribution in [3.8, 4) is 0 Å². The van der Waals surface area contributed by atoms with E-state index in [1.807, 2.05) is 0 Å². The van der Waals surface area contributed by atoms with Crippen molar-refractivity contribution in [3.63, 3.8) is 0 Å². The van der Waals surface area contributed by atoms with E-state index in [4.69, 9.17) is 10.8 Å². The summed E-state index contributed by atoms with van der Waals surface area (Å²) in [7, 11) is 0. The standard InChI is InChI=1S/C8H18N2O2S/c1-7(2,13)8(3,6(11)12)10-5-4-9/h10,13H,4-5,9H2,1-3H3,(H,11,12)/t8-/m1/s1. The van der Waals surface area contributed by atoms with Crippen LogP contribution in [0.1, 0.15) is 20.8 Å². The zero-order valence-corrected chi connectivity index (χ0v) is 9.19. The summed E-state index contributed by atoms with van der Waals surface area (Å²) in [5, 5.41) is 11.9. The summed E-state index contributed by atoms with van der Waals surface area (Å²) in [6, 6.07) is 0. The Hall–Kier alpha value is -0.260. The normalized spacial score (nSPS) is 16.7. The summed E-state index contributed by atoms with van der Waals surface area (Å²) in [5.74, 6) is -0.916. The van der Waals surface area contributed by atoms with Crippen LogP contribution in [0.5, 0.6) is 0 Å². The Morgan fingerprint density at radius 3 is 2.23 bits per heavy atom. The van der Waals surface area contributed by atoms with Crippen molar-refractivity contribution < 1.29 is 9.90 Å². The molecule has 0 radical (unpaired) electrons. The van der Waals surface area contributed by atoms with Crippen LogP contribution in [-0.4, -0.2) is 34.5 Å². The molecule has 4 N–H and O–H groups in total. The molecular formula is C8H18N2O2S. The van der Waals surface area contributed by atoms with Gasteiger partial charge in [-0.3, -0.25) is 10.1 Å². The Bertz CT molecular complexity index is 191. The lowest BCUT2D eigenvalue weighted by atomic mass is 9.87. The van der Waals surface area contributed by atoms with Gasteiger partial charge in [-0.05, 0) is 20.8 Å². The molecule has 0 heterocycles. The Morgan fingerprint density at radius 2 is 2.00 bits per heavy atom. The fourth-order valence-corrected chi connectivity index (χ4v) is 1.05. The molecule has 0 aromatic heterocycles. The van der Waals surface area contributed by atoms with Crippen LogP contribution >= 0.6 is 12.6 Å². The molecule has 0 spiro atoms. The molecule has 0 saturated heterocycles. The van der Waals surface area contributed by atoms with Gasteiger partial charge in [0.1, 0.15) is 5.54 Å². The predicted octanol–water partition coefficient (Wildman–Crippen LogP) is 0.0864. The van der Waals surface area contributed by atoms with Crippen molar-refractivity contribution >= 4 is 18.6 Å². The monoisotopic (exact) mass is 206 g/mol. The first-order valence-corrected chi connectivity index (χ1v) is 4.61. The van der Waals surface area contributed by atoms with Crippen molar-refractivity contribution in [1.29, 1.82) is 0 Å². The number of carbonyl (C=O) groups is 1. The zero-order chi connectivity index (χ0) is 10.7. The summed E-state index contributed by atoms with van der Waals surface area (Å²) in [6.07, 6.45) is 0. The van der Waals surface area contributed by atoms with Gasteiger partial charge in [0.2, 0.25) is 0 Å². The average molecular weight is 206 g/mol. The molecule has 0 fully saturated rings. The van der Waals surface area contributed by atoms with Gasteiger partial charge in [-0.2, -0.15) is 12.6 Å². The largest absolute Gasteiger partial charge is 0.480 e. The van der Waals surface area contributed by atoms with Crippen LogP contribution in [0, 0.1) is 0 Å². The van der Waals surface area contributed by atoms with Gasteiger partial charge in [0.15, 0.2) is 0 Å². The first kappa shape index (κ1) is 12.7. The number of rotatable bonds is 5. The van der Waals surface area contributed by atoms with E-state index in [1.54, 1.807) is 20.8 Å². The zero-order valence-electron chi connectivity index (χ0n) is 8.29. The van der Waals surface area contributed by atoms with E-state index in [1.165, 1.54) is 0 Å². The van der Waals surface area contributed by atoms with Gasteiger partial charge in [-0.25, -0.2) is 0 Å². The van der Waals surface area contributed by atoms with Gasteiger partial charge in [-0.1, -0.05) is 0 Å². The quantitative estimate of drug-likeness (QED) is 0.481. The molecule has 4 nitrogen and oxygen atoms in total. The third-order valence-corrected chi connectivity index (χ3v) is 2.72. The molecule has 0 unspecified atom stereocenters. The van der Waals surface area contributed by atoms with Gasteiger partial charge >= 0.3 is 5.97 Å². The third kappa shape index (κ3) is 2.86. The molecule has 0 saturated carbocycles. The summed E-state index contributed by atoms with van der Waals surface area (Å²) in [5.41, 5.74) is 4.24. The number of nitrogens with one attached hydrogen (secondary N) is 1. The number of carboxylic acid groups (broad SMARTS) is 1. The lowest BCUT2D eigenvalue weighted by molar-refractivity contribution is -0.145. The molecule has 5 heteroatoms. The molecule has 1 atom stereocenters. The first-order valence-electron chi connectivity index (χ1n) is 4.16. The third-order valence-electron chi connectivity index (χ3n) is 2.27. The van der Waals surface area contributed by atoms with E-state index in [0.29, 0.717) is 13.1 Å². The number of thiol groups is 1. The maximum absolute atomic E-state index is 11.0. The molecular weight excluding hydrogens is 188 g/mol. The maximum atomic E-state index is 11.0. The van der Waals surface area contributed by atoms with Gasteiger partial charge in [0.05, 0.1) is 0 Å². The number of hydrogen-bond acceptors (Lipinski definition) is 4. The molecule has 0 rings (SSSR count). The van der Waals surface area contributed by atoms with Crippen molar-refractivity contribution in [2.45, 2.75) is 31.1 Å². The van der Waals surface area contributed by atoms with Crippen molar-refractivity contribution in [1.82, 2.24) is 5.32 Å². The fourth-order valence-electron chi connectivity index (χ4n) is 0.876. The van der Waals surface area contributed by atoms with Crippen LogP contribution < -0.4 is 11.1 Å². The van der Waals surface area contributed by atoms with Crippen LogP contribution in [0.15, 0.2) is 0 Å². The van der Waals surface area contributed by atoms with E-state index >= 15 is 0 Å². The van der Waals surface area contributed by atoms with Gasteiger partial charge in [0.25, 0.3) is 0 Å². The fraction of sp³-hybridized carbons (Fsp3) is 0.875. The van der Waals surface area contributed by atoms with E-state index < -0.39 is 16.3 Å². The highest BCUT2D eigenvalue weighted by Crippen LogP contribution is 2.28. The van der Waals surface area contributed by atoms with Gasteiger partial charge in [0, 0.05) is 17.8 Å². The Kier molecular flexibility index (Phi) is 4.22. The predicted molar refractivity (Wildman–Crippen MR) is 56.2 cm³/mol. The number of nitrogens with two attached hydrogens (primary N) is 1.